The standard InChI is InChI=1S/C13H18N2O3/c1-3-18-13(16)9-4-5-12(14-8-9)15-10-6-11(7-10)17-2/h4-5,8,10-11H,3,6-7H2,1-2H3,(H,14,15). The zero-order chi connectivity index (χ0) is 13.0. The lowest BCUT2D eigenvalue weighted by Gasteiger charge is -2.34. The van der Waals surface area contributed by atoms with Crippen molar-refractivity contribution in [2.75, 3.05) is 19.0 Å². The molecule has 1 aromatic rings. The summed E-state index contributed by atoms with van der Waals surface area (Å²) in [5, 5.41) is 3.30. The van der Waals surface area contributed by atoms with Gasteiger partial charge in [-0.3, -0.25) is 0 Å². The summed E-state index contributed by atoms with van der Waals surface area (Å²) < 4.78 is 10.1. The Morgan fingerprint density at radius 3 is 2.83 bits per heavy atom. The summed E-state index contributed by atoms with van der Waals surface area (Å²) in [6.45, 7) is 2.16. The van der Waals surface area contributed by atoms with E-state index < -0.39 is 0 Å². The second-order valence-electron chi connectivity index (χ2n) is 4.32. The first kappa shape index (κ1) is 12.8. The summed E-state index contributed by atoms with van der Waals surface area (Å²) >= 11 is 0. The number of hydrogen-bond donors (Lipinski definition) is 1. The second kappa shape index (κ2) is 5.82. The number of nitrogens with zero attached hydrogens (tertiary/aromatic N) is 1. The maximum Gasteiger partial charge on any atom is 0.339 e. The maximum atomic E-state index is 11.4. The molecular formula is C13H18N2O3. The number of methoxy groups -OCH3 is 1. The van der Waals surface area contributed by atoms with Gasteiger partial charge in [0.25, 0.3) is 0 Å². The molecule has 0 bridgehead atoms. The zero-order valence-electron chi connectivity index (χ0n) is 10.7. The number of carbonyl (C=O) groups is 1. The Hall–Kier alpha value is -1.62. The minimum Gasteiger partial charge on any atom is -0.462 e. The van der Waals surface area contributed by atoms with E-state index >= 15 is 0 Å². The van der Waals surface area contributed by atoms with Crippen LogP contribution in [0.3, 0.4) is 0 Å². The molecule has 0 aromatic carbocycles. The fourth-order valence-electron chi connectivity index (χ4n) is 1.90. The van der Waals surface area contributed by atoms with E-state index in [1.165, 1.54) is 6.20 Å². The minimum atomic E-state index is -0.334. The van der Waals surface area contributed by atoms with Crippen LogP contribution in [0.2, 0.25) is 0 Å². The van der Waals surface area contributed by atoms with Crippen LogP contribution in [0.1, 0.15) is 30.1 Å². The highest BCUT2D eigenvalue weighted by atomic mass is 16.5. The lowest BCUT2D eigenvalue weighted by Crippen LogP contribution is -2.40. The van der Waals surface area contributed by atoms with Gasteiger partial charge in [0.2, 0.25) is 0 Å². The van der Waals surface area contributed by atoms with E-state index in [1.54, 1.807) is 26.2 Å². The van der Waals surface area contributed by atoms with Crippen LogP contribution >= 0.6 is 0 Å². The fourth-order valence-corrected chi connectivity index (χ4v) is 1.90. The van der Waals surface area contributed by atoms with Gasteiger partial charge in [-0.2, -0.15) is 0 Å². The summed E-state index contributed by atoms with van der Waals surface area (Å²) in [5.41, 5.74) is 0.478. The molecule has 0 spiro atoms. The van der Waals surface area contributed by atoms with Crippen molar-refractivity contribution in [2.45, 2.75) is 31.9 Å². The number of anilines is 1. The van der Waals surface area contributed by atoms with Crippen molar-refractivity contribution in [2.24, 2.45) is 0 Å². The Kier molecular flexibility index (Phi) is 4.15. The quantitative estimate of drug-likeness (QED) is 0.808. The number of esters is 1. The number of hydrogen-bond acceptors (Lipinski definition) is 5. The van der Waals surface area contributed by atoms with Gasteiger partial charge in [-0.05, 0) is 31.9 Å². The van der Waals surface area contributed by atoms with E-state index in [9.17, 15) is 4.79 Å². The van der Waals surface area contributed by atoms with Gasteiger partial charge in [0.1, 0.15) is 5.82 Å². The third-order valence-corrected chi connectivity index (χ3v) is 3.05. The average molecular weight is 250 g/mol. The maximum absolute atomic E-state index is 11.4. The Balaban J connectivity index is 1.86. The van der Waals surface area contributed by atoms with Crippen LogP contribution in [0.25, 0.3) is 0 Å². The highest BCUT2D eigenvalue weighted by Crippen LogP contribution is 2.25. The van der Waals surface area contributed by atoms with Crippen LogP contribution in [0.5, 0.6) is 0 Å². The van der Waals surface area contributed by atoms with Crippen LogP contribution in [-0.2, 0) is 9.47 Å². The molecule has 0 aliphatic heterocycles. The second-order valence-corrected chi connectivity index (χ2v) is 4.32. The van der Waals surface area contributed by atoms with Gasteiger partial charge in [0.15, 0.2) is 0 Å². The molecule has 5 nitrogen and oxygen atoms in total. The van der Waals surface area contributed by atoms with E-state index in [0.717, 1.165) is 18.7 Å². The van der Waals surface area contributed by atoms with Gasteiger partial charge < -0.3 is 14.8 Å². The van der Waals surface area contributed by atoms with Gasteiger partial charge >= 0.3 is 5.97 Å². The van der Waals surface area contributed by atoms with Gasteiger partial charge in [0.05, 0.1) is 18.3 Å². The zero-order valence-corrected chi connectivity index (χ0v) is 10.7. The Labute approximate surface area is 107 Å². The van der Waals surface area contributed by atoms with Gasteiger partial charge in [-0.25, -0.2) is 9.78 Å². The number of ether oxygens (including phenoxy) is 2. The molecule has 2 rings (SSSR count). The molecule has 0 amide bonds. The summed E-state index contributed by atoms with van der Waals surface area (Å²) in [5.74, 6) is 0.447. The Morgan fingerprint density at radius 2 is 2.28 bits per heavy atom. The first-order valence-electron chi connectivity index (χ1n) is 6.15. The number of carbonyl (C=O) groups excluding carboxylic acids is 1. The lowest BCUT2D eigenvalue weighted by molar-refractivity contribution is 0.0328. The first-order chi connectivity index (χ1) is 8.72. The monoisotopic (exact) mass is 250 g/mol. The number of aromatic nitrogens is 1. The van der Waals surface area contributed by atoms with Crippen LogP contribution in [0, 0.1) is 0 Å². The minimum absolute atomic E-state index is 0.334. The number of rotatable bonds is 5. The molecule has 18 heavy (non-hydrogen) atoms. The predicted octanol–water partition coefficient (Wildman–Crippen LogP) is 1.85. The molecule has 0 atom stereocenters. The Bertz CT molecular complexity index is 399. The molecule has 5 heteroatoms. The molecule has 1 aromatic heterocycles. The highest BCUT2D eigenvalue weighted by molar-refractivity contribution is 5.89. The first-order valence-corrected chi connectivity index (χ1v) is 6.15. The summed E-state index contributed by atoms with van der Waals surface area (Å²) in [6.07, 6.45) is 3.89. The SMILES string of the molecule is CCOC(=O)c1ccc(NC2CC(OC)C2)nc1. The van der Waals surface area contributed by atoms with Crippen molar-refractivity contribution >= 4 is 11.8 Å². The van der Waals surface area contributed by atoms with Crippen molar-refractivity contribution in [1.82, 2.24) is 4.98 Å². The molecule has 1 aliphatic rings. The van der Waals surface area contributed by atoms with E-state index in [4.69, 9.17) is 9.47 Å². The average Bonchev–Trinajstić information content (AvgIpc) is 2.34. The molecule has 98 valence electrons. The highest BCUT2D eigenvalue weighted by Gasteiger charge is 2.28. The molecule has 1 saturated carbocycles. The topological polar surface area (TPSA) is 60.5 Å². The third kappa shape index (κ3) is 2.98. The fraction of sp³-hybridized carbons (Fsp3) is 0.538. The van der Waals surface area contributed by atoms with E-state index in [2.05, 4.69) is 10.3 Å². The van der Waals surface area contributed by atoms with Gasteiger partial charge in [-0.1, -0.05) is 0 Å². The van der Waals surface area contributed by atoms with E-state index in [0.29, 0.717) is 24.3 Å². The molecule has 1 aliphatic carbocycles. The number of nitrogens with one attached hydrogen (secondary N) is 1. The molecule has 0 radical (unpaired) electrons. The molecule has 0 saturated heterocycles. The van der Waals surface area contributed by atoms with Crippen molar-refractivity contribution < 1.29 is 14.3 Å². The third-order valence-electron chi connectivity index (χ3n) is 3.05. The summed E-state index contributed by atoms with van der Waals surface area (Å²) in [4.78, 5) is 15.6. The molecule has 1 fully saturated rings. The molecule has 1 heterocycles. The summed E-state index contributed by atoms with van der Waals surface area (Å²) in [6, 6.07) is 3.93. The summed E-state index contributed by atoms with van der Waals surface area (Å²) in [7, 11) is 1.73. The van der Waals surface area contributed by atoms with Crippen LogP contribution in [-0.4, -0.2) is 36.8 Å². The molecule has 1 N–H and O–H groups in total. The van der Waals surface area contributed by atoms with Crippen molar-refractivity contribution in [1.29, 1.82) is 0 Å². The van der Waals surface area contributed by atoms with E-state index in [-0.39, 0.29) is 5.97 Å². The van der Waals surface area contributed by atoms with Crippen molar-refractivity contribution in [3.05, 3.63) is 23.9 Å². The van der Waals surface area contributed by atoms with Crippen molar-refractivity contribution in [3.8, 4) is 0 Å². The van der Waals surface area contributed by atoms with Gasteiger partial charge in [0, 0.05) is 19.3 Å². The molecule has 0 unspecified atom stereocenters. The van der Waals surface area contributed by atoms with Crippen LogP contribution in [0.4, 0.5) is 5.82 Å². The predicted molar refractivity (Wildman–Crippen MR) is 67.6 cm³/mol. The van der Waals surface area contributed by atoms with Crippen LogP contribution in [0.15, 0.2) is 18.3 Å². The normalized spacial score (nSPS) is 22.1. The van der Waals surface area contributed by atoms with Crippen LogP contribution < -0.4 is 5.32 Å². The van der Waals surface area contributed by atoms with Crippen molar-refractivity contribution in [3.63, 3.8) is 0 Å². The lowest BCUT2D eigenvalue weighted by atomic mass is 9.89. The number of pyridine rings is 1. The Morgan fingerprint density at radius 1 is 1.50 bits per heavy atom. The largest absolute Gasteiger partial charge is 0.462 e. The van der Waals surface area contributed by atoms with E-state index in [1.807, 2.05) is 0 Å². The molecular weight excluding hydrogens is 232 g/mol. The smallest absolute Gasteiger partial charge is 0.339 e. The van der Waals surface area contributed by atoms with Gasteiger partial charge in [-0.15, -0.1) is 0 Å².